The third-order valence-electron chi connectivity index (χ3n) is 8.90. The summed E-state index contributed by atoms with van der Waals surface area (Å²) in [6, 6.07) is 11.7. The van der Waals surface area contributed by atoms with Gasteiger partial charge in [0.15, 0.2) is 5.69 Å². The van der Waals surface area contributed by atoms with Gasteiger partial charge in [0.1, 0.15) is 49.2 Å². The van der Waals surface area contributed by atoms with Gasteiger partial charge in [-0.15, -0.1) is 0 Å². The lowest BCUT2D eigenvalue weighted by molar-refractivity contribution is -0.147. The Kier molecular flexibility index (Phi) is 13.1. The largest absolute Gasteiger partial charge is 0.460 e. The Morgan fingerprint density at radius 3 is 2.45 bits per heavy atom. The Morgan fingerprint density at radius 1 is 1.00 bits per heavy atom. The molecule has 2 bridgehead atoms. The van der Waals surface area contributed by atoms with Crippen molar-refractivity contribution < 1.29 is 47.4 Å². The van der Waals surface area contributed by atoms with Crippen LogP contribution >= 0.6 is 0 Å². The first kappa shape index (κ1) is 40.2. The number of hydrogen-bond acceptors (Lipinski definition) is 11. The van der Waals surface area contributed by atoms with Crippen LogP contribution in [0.3, 0.4) is 0 Å². The highest BCUT2D eigenvalue weighted by molar-refractivity contribution is 5.95. The van der Waals surface area contributed by atoms with Gasteiger partial charge in [-0.2, -0.15) is 0 Å². The number of carbonyl (C=O) groups excluding carboxylic acids is 6. The number of amides is 4. The molecule has 0 unspecified atom stereocenters. The number of cyclic esters (lactones) is 1. The Morgan fingerprint density at radius 2 is 1.73 bits per heavy atom. The number of rotatable bonds is 5. The number of hydrogen-bond donors (Lipinski definition) is 3. The summed E-state index contributed by atoms with van der Waals surface area (Å²) < 4.78 is 22.2. The quantitative estimate of drug-likeness (QED) is 0.251. The molecule has 2 aliphatic rings. The molecule has 0 radical (unpaired) electrons. The van der Waals surface area contributed by atoms with Gasteiger partial charge in [0.2, 0.25) is 17.7 Å². The zero-order valence-corrected chi connectivity index (χ0v) is 31.5. The molecule has 1 fully saturated rings. The minimum atomic E-state index is -1.38. The van der Waals surface area contributed by atoms with E-state index in [1.165, 1.54) is 11.0 Å². The van der Waals surface area contributed by atoms with E-state index < -0.39 is 72.1 Å². The number of alkyl carbamates (subject to hydrolysis) is 1. The van der Waals surface area contributed by atoms with Gasteiger partial charge >= 0.3 is 18.0 Å². The van der Waals surface area contributed by atoms with E-state index in [1.54, 1.807) is 57.2 Å². The number of ether oxygens (including phenoxy) is 3. The predicted molar refractivity (Wildman–Crippen MR) is 198 cm³/mol. The van der Waals surface area contributed by atoms with E-state index in [9.17, 15) is 28.8 Å². The second-order valence-corrected chi connectivity index (χ2v) is 14.7. The molecule has 1 saturated heterocycles. The van der Waals surface area contributed by atoms with E-state index in [-0.39, 0.29) is 37.1 Å². The Balaban J connectivity index is 1.49. The standard InChI is InChI=1S/C40H47N5O10/c1-24(2)33-36-42-29(22-53-36)34(47)41-28(38(50)54-21-25-12-7-6-8-13-25)20-27-15-10-9-14-26(27)17-18-32(46)52-23-30(43-39(51)55-40(3,4)5)37(49)45-19-11-16-31(45)35(48)44-33/h6-10,12-15,17-18,22,24,28,30-31,33H,11,16,19-21,23H2,1-5H3,(H,41,47)(H,43,51)(H,44,48)/b18-17-/t28-,30-,31-,33-/m0/s1. The summed E-state index contributed by atoms with van der Waals surface area (Å²) >= 11 is 0. The van der Waals surface area contributed by atoms with Gasteiger partial charge < -0.3 is 39.5 Å². The van der Waals surface area contributed by atoms with E-state index >= 15 is 0 Å². The van der Waals surface area contributed by atoms with Gasteiger partial charge in [0.25, 0.3) is 5.91 Å². The molecule has 3 N–H and O–H groups in total. The average Bonchev–Trinajstić information content (AvgIpc) is 3.84. The molecule has 3 heterocycles. The van der Waals surface area contributed by atoms with E-state index in [0.717, 1.165) is 17.9 Å². The van der Waals surface area contributed by atoms with Gasteiger partial charge in [-0.3, -0.25) is 14.4 Å². The molecule has 2 aromatic carbocycles. The number of carbonyl (C=O) groups is 6. The predicted octanol–water partition coefficient (Wildman–Crippen LogP) is 4.03. The number of nitrogens with one attached hydrogen (secondary N) is 3. The number of benzene rings is 2. The van der Waals surface area contributed by atoms with E-state index in [1.807, 2.05) is 32.0 Å². The van der Waals surface area contributed by atoms with Crippen molar-refractivity contribution in [1.82, 2.24) is 25.8 Å². The molecule has 4 atom stereocenters. The molecule has 0 spiro atoms. The molecule has 292 valence electrons. The van der Waals surface area contributed by atoms with Gasteiger partial charge in [-0.1, -0.05) is 68.4 Å². The zero-order chi connectivity index (χ0) is 39.7. The van der Waals surface area contributed by atoms with E-state index in [2.05, 4.69) is 20.9 Å². The maximum absolute atomic E-state index is 14.0. The van der Waals surface area contributed by atoms with Gasteiger partial charge in [0, 0.05) is 19.0 Å². The third-order valence-corrected chi connectivity index (χ3v) is 8.90. The van der Waals surface area contributed by atoms with Crippen LogP contribution in [0, 0.1) is 5.92 Å². The SMILES string of the molecule is CC(C)[C@@H]1NC(=O)[C@@H]2CCCN2C(=O)[C@@H](NC(=O)OC(C)(C)C)COC(=O)/C=C\c2ccccc2C[C@@H](C(=O)OCc2ccccc2)NC(=O)c2coc1n2. The van der Waals surface area contributed by atoms with Crippen molar-refractivity contribution >= 4 is 41.8 Å². The summed E-state index contributed by atoms with van der Waals surface area (Å²) in [5, 5.41) is 8.14. The smallest absolute Gasteiger partial charge is 0.408 e. The van der Waals surface area contributed by atoms with Crippen LogP contribution < -0.4 is 16.0 Å². The lowest BCUT2D eigenvalue weighted by Gasteiger charge is -2.30. The first-order valence-corrected chi connectivity index (χ1v) is 18.2. The van der Waals surface area contributed by atoms with Crippen LogP contribution in [0.5, 0.6) is 0 Å². The molecule has 1 aromatic heterocycles. The summed E-state index contributed by atoms with van der Waals surface area (Å²) in [5.41, 5.74) is 0.855. The van der Waals surface area contributed by atoms with Crippen molar-refractivity contribution in [3.05, 3.63) is 95.2 Å². The summed E-state index contributed by atoms with van der Waals surface area (Å²) in [4.78, 5) is 86.6. The molecule has 0 saturated carbocycles. The Hall–Kier alpha value is -5.99. The Bertz CT molecular complexity index is 1900. The maximum Gasteiger partial charge on any atom is 0.408 e. The summed E-state index contributed by atoms with van der Waals surface area (Å²) in [5.74, 6) is -3.62. The number of esters is 2. The number of oxazole rings is 1. The first-order chi connectivity index (χ1) is 26.2. The van der Waals surface area contributed by atoms with Crippen LogP contribution in [0.15, 0.2) is 71.4 Å². The normalized spacial score (nSPS) is 21.9. The van der Waals surface area contributed by atoms with Crippen molar-refractivity contribution in [2.75, 3.05) is 13.2 Å². The second kappa shape index (κ2) is 17.9. The van der Waals surface area contributed by atoms with Crippen LogP contribution in [-0.2, 0) is 46.4 Å². The van der Waals surface area contributed by atoms with Crippen LogP contribution in [-0.4, -0.2) is 82.5 Å². The lowest BCUT2D eigenvalue weighted by Crippen LogP contribution is -2.56. The van der Waals surface area contributed by atoms with Crippen LogP contribution in [0.1, 0.15) is 86.6 Å². The van der Waals surface area contributed by atoms with Crippen molar-refractivity contribution in [3.63, 3.8) is 0 Å². The summed E-state index contributed by atoms with van der Waals surface area (Å²) in [6.45, 7) is 8.27. The topological polar surface area (TPSA) is 195 Å². The molecule has 0 aliphatic carbocycles. The number of fused-ring (bicyclic) bond motifs is 4. The zero-order valence-electron chi connectivity index (χ0n) is 31.5. The third kappa shape index (κ3) is 11.0. The minimum Gasteiger partial charge on any atom is -0.460 e. The molecule has 55 heavy (non-hydrogen) atoms. The van der Waals surface area contributed by atoms with Crippen LogP contribution in [0.4, 0.5) is 4.79 Å². The summed E-state index contributed by atoms with van der Waals surface area (Å²) in [7, 11) is 0. The van der Waals surface area contributed by atoms with E-state index in [0.29, 0.717) is 24.0 Å². The highest BCUT2D eigenvalue weighted by Gasteiger charge is 2.40. The molecule has 2 aliphatic heterocycles. The molecule has 15 heteroatoms. The highest BCUT2D eigenvalue weighted by atomic mass is 16.6. The molecular formula is C40H47N5O10. The van der Waals surface area contributed by atoms with Crippen molar-refractivity contribution in [2.45, 2.75) is 90.3 Å². The monoisotopic (exact) mass is 757 g/mol. The number of aromatic nitrogens is 1. The maximum atomic E-state index is 14.0. The van der Waals surface area contributed by atoms with Crippen molar-refractivity contribution in [2.24, 2.45) is 5.92 Å². The van der Waals surface area contributed by atoms with Gasteiger partial charge in [-0.25, -0.2) is 19.4 Å². The second-order valence-electron chi connectivity index (χ2n) is 14.7. The molecule has 15 nitrogen and oxygen atoms in total. The first-order valence-electron chi connectivity index (χ1n) is 18.2. The average molecular weight is 758 g/mol. The molecule has 5 rings (SSSR count). The fourth-order valence-electron chi connectivity index (χ4n) is 6.15. The number of nitrogens with zero attached hydrogens (tertiary/aromatic N) is 2. The molecule has 3 aromatic rings. The fourth-order valence-corrected chi connectivity index (χ4v) is 6.15. The lowest BCUT2D eigenvalue weighted by atomic mass is 9.99. The van der Waals surface area contributed by atoms with Crippen LogP contribution in [0.2, 0.25) is 0 Å². The van der Waals surface area contributed by atoms with E-state index in [4.69, 9.17) is 18.6 Å². The van der Waals surface area contributed by atoms with Gasteiger partial charge in [0.05, 0.1) is 0 Å². The van der Waals surface area contributed by atoms with Gasteiger partial charge in [-0.05, 0) is 62.3 Å². The van der Waals surface area contributed by atoms with Crippen LogP contribution in [0.25, 0.3) is 6.08 Å². The molecule has 4 amide bonds. The molecular weight excluding hydrogens is 710 g/mol. The highest BCUT2D eigenvalue weighted by Crippen LogP contribution is 2.25. The fraction of sp³-hybridized carbons (Fsp3) is 0.425. The summed E-state index contributed by atoms with van der Waals surface area (Å²) in [6.07, 6.45) is 3.65. The Labute approximate surface area is 319 Å². The van der Waals surface area contributed by atoms with Crippen molar-refractivity contribution in [1.29, 1.82) is 0 Å². The van der Waals surface area contributed by atoms with Crippen molar-refractivity contribution in [3.8, 4) is 0 Å². The minimum absolute atomic E-state index is 0.0298.